The second-order valence-electron chi connectivity index (χ2n) is 4.79. The van der Waals surface area contributed by atoms with Crippen molar-refractivity contribution in [1.82, 2.24) is 15.0 Å². The van der Waals surface area contributed by atoms with E-state index < -0.39 is 5.60 Å². The summed E-state index contributed by atoms with van der Waals surface area (Å²) in [5.41, 5.74) is -1.20. The number of carbonyl (C=O) groups is 1. The SMILES string of the molecule is CCc1noc([C@@]2(O)CCN(C(=O)[C@H](C)SC)C2)n1. The molecule has 2 heterocycles. The van der Waals surface area contributed by atoms with Crippen LogP contribution in [-0.2, 0) is 16.8 Å². The van der Waals surface area contributed by atoms with Gasteiger partial charge in [-0.1, -0.05) is 12.1 Å². The number of hydrogen-bond acceptors (Lipinski definition) is 6. The van der Waals surface area contributed by atoms with Gasteiger partial charge in [0.2, 0.25) is 5.91 Å². The van der Waals surface area contributed by atoms with Gasteiger partial charge in [0.05, 0.1) is 11.8 Å². The van der Waals surface area contributed by atoms with Gasteiger partial charge in [0, 0.05) is 19.4 Å². The molecule has 1 fully saturated rings. The number of amides is 1. The predicted molar refractivity (Wildman–Crippen MR) is 71.7 cm³/mol. The molecular weight excluding hydrogens is 266 g/mol. The van der Waals surface area contributed by atoms with Crippen LogP contribution < -0.4 is 0 Å². The van der Waals surface area contributed by atoms with Crippen molar-refractivity contribution in [3.63, 3.8) is 0 Å². The van der Waals surface area contributed by atoms with Crippen molar-refractivity contribution >= 4 is 17.7 Å². The summed E-state index contributed by atoms with van der Waals surface area (Å²) in [4.78, 5) is 17.9. The fourth-order valence-corrected chi connectivity index (χ4v) is 2.45. The highest BCUT2D eigenvalue weighted by Gasteiger charge is 2.44. The van der Waals surface area contributed by atoms with Crippen LogP contribution in [0.3, 0.4) is 0 Å². The van der Waals surface area contributed by atoms with Gasteiger partial charge >= 0.3 is 0 Å². The lowest BCUT2D eigenvalue weighted by molar-refractivity contribution is -0.130. The van der Waals surface area contributed by atoms with Crippen molar-refractivity contribution in [2.75, 3.05) is 19.3 Å². The van der Waals surface area contributed by atoms with E-state index >= 15 is 0 Å². The molecule has 0 saturated carbocycles. The molecule has 106 valence electrons. The molecule has 1 aromatic rings. The Morgan fingerprint density at radius 1 is 1.68 bits per heavy atom. The van der Waals surface area contributed by atoms with Crippen LogP contribution in [0, 0.1) is 0 Å². The van der Waals surface area contributed by atoms with Crippen molar-refractivity contribution < 1.29 is 14.4 Å². The molecule has 1 aliphatic heterocycles. The van der Waals surface area contributed by atoms with Crippen LogP contribution in [0.1, 0.15) is 32.0 Å². The fourth-order valence-electron chi connectivity index (χ4n) is 2.10. The van der Waals surface area contributed by atoms with Crippen molar-refractivity contribution in [2.45, 2.75) is 37.5 Å². The number of nitrogens with zero attached hydrogens (tertiary/aromatic N) is 3. The standard InChI is InChI=1S/C12H19N3O3S/c1-4-9-13-11(18-14-9)12(17)5-6-15(7-12)10(16)8(2)19-3/h8,17H,4-7H2,1-3H3/t8-,12+/m0/s1. The lowest BCUT2D eigenvalue weighted by Crippen LogP contribution is -2.38. The lowest BCUT2D eigenvalue weighted by Gasteiger charge is -2.21. The quantitative estimate of drug-likeness (QED) is 0.881. The van der Waals surface area contributed by atoms with E-state index in [1.165, 1.54) is 11.8 Å². The monoisotopic (exact) mass is 285 g/mol. The molecule has 1 aromatic heterocycles. The molecule has 1 N–H and O–H groups in total. The Kier molecular flexibility index (Phi) is 4.15. The zero-order valence-electron chi connectivity index (χ0n) is 11.4. The van der Waals surface area contributed by atoms with Crippen LogP contribution in [0.25, 0.3) is 0 Å². The van der Waals surface area contributed by atoms with Gasteiger partial charge in [0.15, 0.2) is 11.4 Å². The summed E-state index contributed by atoms with van der Waals surface area (Å²) in [5, 5.41) is 14.2. The smallest absolute Gasteiger partial charge is 0.260 e. The number of hydrogen-bond donors (Lipinski definition) is 1. The number of carbonyl (C=O) groups excluding carboxylic acids is 1. The van der Waals surface area contributed by atoms with E-state index in [1.54, 1.807) is 4.90 Å². The Labute approximate surface area is 116 Å². The van der Waals surface area contributed by atoms with Gasteiger partial charge in [-0.05, 0) is 13.2 Å². The summed E-state index contributed by atoms with van der Waals surface area (Å²) >= 11 is 1.50. The van der Waals surface area contributed by atoms with E-state index in [9.17, 15) is 9.90 Å². The fraction of sp³-hybridized carbons (Fsp3) is 0.750. The molecule has 2 rings (SSSR count). The molecule has 2 atom stereocenters. The number of likely N-dealkylation sites (tertiary alicyclic amines) is 1. The van der Waals surface area contributed by atoms with Gasteiger partial charge in [-0.2, -0.15) is 16.7 Å². The summed E-state index contributed by atoms with van der Waals surface area (Å²) in [7, 11) is 0. The van der Waals surface area contributed by atoms with E-state index in [1.807, 2.05) is 20.1 Å². The highest BCUT2D eigenvalue weighted by molar-refractivity contribution is 7.99. The average molecular weight is 285 g/mol. The molecule has 6 nitrogen and oxygen atoms in total. The third kappa shape index (κ3) is 2.76. The Bertz CT molecular complexity index is 465. The lowest BCUT2D eigenvalue weighted by atomic mass is 10.0. The Hall–Kier alpha value is -1.08. The first-order valence-electron chi connectivity index (χ1n) is 6.37. The molecule has 19 heavy (non-hydrogen) atoms. The molecule has 0 spiro atoms. The highest BCUT2D eigenvalue weighted by Crippen LogP contribution is 2.31. The molecule has 0 radical (unpaired) electrons. The van der Waals surface area contributed by atoms with E-state index in [2.05, 4.69) is 10.1 Å². The average Bonchev–Trinajstić information content (AvgIpc) is 3.04. The largest absolute Gasteiger partial charge is 0.378 e. The normalized spacial score (nSPS) is 24.7. The van der Waals surface area contributed by atoms with Crippen LogP contribution >= 0.6 is 11.8 Å². The molecule has 1 saturated heterocycles. The minimum atomic E-state index is -1.20. The third-order valence-electron chi connectivity index (χ3n) is 3.44. The topological polar surface area (TPSA) is 79.5 Å². The van der Waals surface area contributed by atoms with E-state index in [0.29, 0.717) is 25.2 Å². The Morgan fingerprint density at radius 3 is 3.00 bits per heavy atom. The molecule has 0 unspecified atom stereocenters. The number of β-amino-alcohol motifs (C(OH)–C–C–N with tert-alkyl or cyclic N) is 1. The summed E-state index contributed by atoms with van der Waals surface area (Å²) in [6.45, 7) is 4.53. The number of aliphatic hydroxyl groups is 1. The first-order valence-corrected chi connectivity index (χ1v) is 7.66. The Balaban J connectivity index is 2.09. The predicted octanol–water partition coefficient (Wildman–Crippen LogP) is 0.803. The van der Waals surface area contributed by atoms with Crippen LogP contribution in [0.15, 0.2) is 4.52 Å². The second-order valence-corrected chi connectivity index (χ2v) is 5.97. The summed E-state index contributed by atoms with van der Waals surface area (Å²) in [6.07, 6.45) is 2.99. The molecule has 0 aromatic carbocycles. The Morgan fingerprint density at radius 2 is 2.42 bits per heavy atom. The number of aryl methyl sites for hydroxylation is 1. The van der Waals surface area contributed by atoms with Crippen molar-refractivity contribution in [1.29, 1.82) is 0 Å². The van der Waals surface area contributed by atoms with Crippen molar-refractivity contribution in [3.8, 4) is 0 Å². The summed E-state index contributed by atoms with van der Waals surface area (Å²) in [6, 6.07) is 0. The van der Waals surface area contributed by atoms with Gasteiger partial charge in [0.25, 0.3) is 5.89 Å². The molecule has 0 aliphatic carbocycles. The van der Waals surface area contributed by atoms with E-state index in [0.717, 1.165) is 0 Å². The number of thioether (sulfide) groups is 1. The van der Waals surface area contributed by atoms with Gasteiger partial charge in [-0.3, -0.25) is 4.79 Å². The zero-order valence-corrected chi connectivity index (χ0v) is 12.2. The van der Waals surface area contributed by atoms with E-state index in [-0.39, 0.29) is 23.6 Å². The van der Waals surface area contributed by atoms with Crippen LogP contribution in [-0.4, -0.2) is 50.6 Å². The van der Waals surface area contributed by atoms with Crippen LogP contribution in [0.5, 0.6) is 0 Å². The third-order valence-corrected chi connectivity index (χ3v) is 4.35. The van der Waals surface area contributed by atoms with Gasteiger partial charge in [0.1, 0.15) is 0 Å². The molecule has 1 aliphatic rings. The highest BCUT2D eigenvalue weighted by atomic mass is 32.2. The summed E-state index contributed by atoms with van der Waals surface area (Å²) < 4.78 is 5.10. The maximum Gasteiger partial charge on any atom is 0.260 e. The number of aromatic nitrogens is 2. The van der Waals surface area contributed by atoms with Crippen molar-refractivity contribution in [2.24, 2.45) is 0 Å². The first-order chi connectivity index (χ1) is 9.00. The number of rotatable bonds is 4. The molecule has 1 amide bonds. The van der Waals surface area contributed by atoms with Gasteiger partial charge in [-0.25, -0.2) is 0 Å². The van der Waals surface area contributed by atoms with Crippen LogP contribution in [0.4, 0.5) is 0 Å². The molecular formula is C12H19N3O3S. The van der Waals surface area contributed by atoms with Crippen molar-refractivity contribution in [3.05, 3.63) is 11.7 Å². The van der Waals surface area contributed by atoms with E-state index in [4.69, 9.17) is 4.52 Å². The van der Waals surface area contributed by atoms with Gasteiger partial charge in [-0.15, -0.1) is 0 Å². The maximum absolute atomic E-state index is 12.1. The first kappa shape index (κ1) is 14.3. The molecule has 7 heteroatoms. The second kappa shape index (κ2) is 5.50. The minimum absolute atomic E-state index is 0.0404. The van der Waals surface area contributed by atoms with Crippen LogP contribution in [0.2, 0.25) is 0 Å². The molecule has 0 bridgehead atoms. The van der Waals surface area contributed by atoms with Gasteiger partial charge < -0.3 is 14.5 Å². The minimum Gasteiger partial charge on any atom is -0.378 e. The summed E-state index contributed by atoms with van der Waals surface area (Å²) in [5.74, 6) is 0.834. The zero-order chi connectivity index (χ0) is 14.0. The maximum atomic E-state index is 12.1.